The van der Waals surface area contributed by atoms with Crippen LogP contribution < -0.4 is 0 Å². The van der Waals surface area contributed by atoms with Gasteiger partial charge >= 0.3 is 0 Å². The lowest BCUT2D eigenvalue weighted by Crippen LogP contribution is -1.92. The molecule has 0 saturated heterocycles. The summed E-state index contributed by atoms with van der Waals surface area (Å²) in [5.41, 5.74) is 5.81. The van der Waals surface area contributed by atoms with Crippen molar-refractivity contribution in [1.82, 2.24) is 20.2 Å². The minimum Gasteiger partial charge on any atom is -0.507 e. The van der Waals surface area contributed by atoms with Crippen LogP contribution in [0.15, 0.2) is 48.7 Å². The van der Waals surface area contributed by atoms with E-state index in [-0.39, 0.29) is 5.75 Å². The Morgan fingerprint density at radius 1 is 0.958 bits per heavy atom. The first-order valence-electron chi connectivity index (χ1n) is 7.70. The largest absolute Gasteiger partial charge is 0.507 e. The van der Waals surface area contributed by atoms with E-state index in [0.717, 1.165) is 27.9 Å². The zero-order chi connectivity index (χ0) is 16.7. The Morgan fingerprint density at radius 3 is 2.54 bits per heavy atom. The third kappa shape index (κ3) is 2.31. The lowest BCUT2D eigenvalue weighted by Gasteiger charge is -2.08. The van der Waals surface area contributed by atoms with Crippen LogP contribution in [0.4, 0.5) is 0 Å². The van der Waals surface area contributed by atoms with Crippen molar-refractivity contribution in [2.45, 2.75) is 13.8 Å². The number of nitrogens with zero attached hydrogens (tertiary/aromatic N) is 3. The van der Waals surface area contributed by atoms with E-state index in [0.29, 0.717) is 16.9 Å². The summed E-state index contributed by atoms with van der Waals surface area (Å²) in [4.78, 5) is 9.15. The van der Waals surface area contributed by atoms with Crippen molar-refractivity contribution in [3.63, 3.8) is 0 Å². The summed E-state index contributed by atoms with van der Waals surface area (Å²) < 4.78 is 0. The Labute approximate surface area is 139 Å². The Hall–Kier alpha value is -3.21. The number of para-hydroxylation sites is 1. The molecule has 2 N–H and O–H groups in total. The van der Waals surface area contributed by atoms with Gasteiger partial charge in [-0.3, -0.25) is 10.1 Å². The third-order valence-corrected chi connectivity index (χ3v) is 4.07. The average Bonchev–Trinajstić information content (AvgIpc) is 2.96. The van der Waals surface area contributed by atoms with Crippen molar-refractivity contribution in [2.75, 3.05) is 0 Å². The molecule has 0 unspecified atom stereocenters. The van der Waals surface area contributed by atoms with Crippen LogP contribution in [0, 0.1) is 13.8 Å². The van der Waals surface area contributed by atoms with Crippen molar-refractivity contribution in [1.29, 1.82) is 0 Å². The van der Waals surface area contributed by atoms with Crippen LogP contribution in [0.2, 0.25) is 0 Å². The minimum absolute atomic E-state index is 0.194. The van der Waals surface area contributed by atoms with Gasteiger partial charge in [-0.05, 0) is 43.7 Å². The molecule has 0 aliphatic rings. The van der Waals surface area contributed by atoms with Crippen LogP contribution in [0.3, 0.4) is 0 Å². The van der Waals surface area contributed by atoms with Gasteiger partial charge in [-0.1, -0.05) is 18.2 Å². The smallest absolute Gasteiger partial charge is 0.182 e. The Bertz CT molecular complexity index is 1040. The van der Waals surface area contributed by atoms with Crippen LogP contribution in [0.1, 0.15) is 11.3 Å². The number of nitrogens with one attached hydrogen (secondary N) is 1. The maximum absolute atomic E-state index is 10.2. The first-order valence-corrected chi connectivity index (χ1v) is 7.70. The van der Waals surface area contributed by atoms with Gasteiger partial charge < -0.3 is 5.11 Å². The van der Waals surface area contributed by atoms with E-state index in [1.165, 1.54) is 0 Å². The Kier molecular flexibility index (Phi) is 3.27. The molecule has 5 heteroatoms. The van der Waals surface area contributed by atoms with Gasteiger partial charge in [0.1, 0.15) is 5.75 Å². The molecule has 0 fully saturated rings. The zero-order valence-corrected chi connectivity index (χ0v) is 13.4. The second-order valence-electron chi connectivity index (χ2n) is 5.84. The number of pyridine rings is 2. The molecule has 24 heavy (non-hydrogen) atoms. The summed E-state index contributed by atoms with van der Waals surface area (Å²) in [6.45, 7) is 3.98. The number of rotatable bonds is 2. The monoisotopic (exact) mass is 316 g/mol. The fourth-order valence-corrected chi connectivity index (χ4v) is 2.83. The number of aryl methyl sites for hydroxylation is 2. The summed E-state index contributed by atoms with van der Waals surface area (Å²) >= 11 is 0. The predicted molar refractivity (Wildman–Crippen MR) is 93.7 cm³/mol. The van der Waals surface area contributed by atoms with Crippen molar-refractivity contribution >= 4 is 11.0 Å². The number of fused-ring (bicyclic) bond motifs is 1. The summed E-state index contributed by atoms with van der Waals surface area (Å²) in [5.74, 6) is 0.194. The standard InChI is InChI=1S/C19H16N4O/c1-11-7-8-15(20-10-11)14-9-16(13-5-3-4-6-17(13)24)21-19-18(14)12(2)22-23-19/h3-10,24H,1-2H3,(H,21,22,23). The molecule has 118 valence electrons. The van der Waals surface area contributed by atoms with Crippen LogP contribution in [0.5, 0.6) is 5.75 Å². The average molecular weight is 316 g/mol. The van der Waals surface area contributed by atoms with Crippen LogP contribution in [-0.4, -0.2) is 25.3 Å². The van der Waals surface area contributed by atoms with Crippen LogP contribution in [0.25, 0.3) is 33.5 Å². The maximum atomic E-state index is 10.2. The summed E-state index contributed by atoms with van der Waals surface area (Å²) in [5, 5.41) is 18.4. The van der Waals surface area contributed by atoms with E-state index in [2.05, 4.69) is 20.2 Å². The lowest BCUT2D eigenvalue weighted by molar-refractivity contribution is 0.477. The van der Waals surface area contributed by atoms with Gasteiger partial charge in [-0.2, -0.15) is 5.10 Å². The number of aromatic nitrogens is 4. The molecule has 3 heterocycles. The van der Waals surface area contributed by atoms with Gasteiger partial charge in [0.15, 0.2) is 5.65 Å². The molecule has 0 bridgehead atoms. The molecule has 0 radical (unpaired) electrons. The number of aromatic hydroxyl groups is 1. The van der Waals surface area contributed by atoms with E-state index in [4.69, 9.17) is 0 Å². The highest BCUT2D eigenvalue weighted by Crippen LogP contribution is 2.34. The van der Waals surface area contributed by atoms with Crippen LogP contribution >= 0.6 is 0 Å². The first-order chi connectivity index (χ1) is 11.6. The zero-order valence-electron chi connectivity index (χ0n) is 13.4. The summed E-state index contributed by atoms with van der Waals surface area (Å²) in [7, 11) is 0. The van der Waals surface area contributed by atoms with Gasteiger partial charge in [0.05, 0.1) is 16.8 Å². The predicted octanol–water partition coefficient (Wildman–Crippen LogP) is 4.01. The quantitative estimate of drug-likeness (QED) is 0.586. The van der Waals surface area contributed by atoms with Gasteiger partial charge in [-0.15, -0.1) is 0 Å². The van der Waals surface area contributed by atoms with Crippen molar-refractivity contribution in [2.24, 2.45) is 0 Å². The fourth-order valence-electron chi connectivity index (χ4n) is 2.83. The third-order valence-electron chi connectivity index (χ3n) is 4.07. The second kappa shape index (κ2) is 5.45. The number of hydrogen-bond acceptors (Lipinski definition) is 4. The molecule has 3 aromatic heterocycles. The number of phenolic OH excluding ortho intramolecular Hbond substituents is 1. The Balaban J connectivity index is 2.02. The molecule has 5 nitrogen and oxygen atoms in total. The van der Waals surface area contributed by atoms with E-state index in [1.54, 1.807) is 12.1 Å². The topological polar surface area (TPSA) is 74.7 Å². The summed E-state index contributed by atoms with van der Waals surface area (Å²) in [6.07, 6.45) is 1.84. The minimum atomic E-state index is 0.194. The number of H-pyrrole nitrogens is 1. The van der Waals surface area contributed by atoms with Gasteiger partial charge in [-0.25, -0.2) is 4.98 Å². The molecule has 4 rings (SSSR count). The van der Waals surface area contributed by atoms with E-state index in [9.17, 15) is 5.11 Å². The molecule has 0 saturated carbocycles. The molecule has 0 amide bonds. The molecule has 1 aromatic carbocycles. The maximum Gasteiger partial charge on any atom is 0.182 e. The summed E-state index contributed by atoms with van der Waals surface area (Å²) in [6, 6.07) is 13.1. The molecular formula is C19H16N4O. The van der Waals surface area contributed by atoms with Gasteiger partial charge in [0, 0.05) is 23.0 Å². The molecule has 0 aliphatic heterocycles. The van der Waals surface area contributed by atoms with Crippen molar-refractivity contribution in [3.8, 4) is 28.3 Å². The molecular weight excluding hydrogens is 300 g/mol. The van der Waals surface area contributed by atoms with E-state index < -0.39 is 0 Å². The van der Waals surface area contributed by atoms with Gasteiger partial charge in [0.2, 0.25) is 0 Å². The number of aromatic amines is 1. The molecule has 0 spiro atoms. The Morgan fingerprint density at radius 2 is 1.79 bits per heavy atom. The second-order valence-corrected chi connectivity index (χ2v) is 5.84. The first kappa shape index (κ1) is 14.4. The molecule has 4 aromatic rings. The van der Waals surface area contributed by atoms with Crippen molar-refractivity contribution < 1.29 is 5.11 Å². The number of hydrogen-bond donors (Lipinski definition) is 2. The number of phenols is 1. The highest BCUT2D eigenvalue weighted by atomic mass is 16.3. The normalized spacial score (nSPS) is 11.1. The fraction of sp³-hybridized carbons (Fsp3) is 0.105. The highest BCUT2D eigenvalue weighted by Gasteiger charge is 2.16. The van der Waals surface area contributed by atoms with Crippen molar-refractivity contribution in [3.05, 3.63) is 59.9 Å². The highest BCUT2D eigenvalue weighted by molar-refractivity contribution is 5.96. The molecule has 0 atom stereocenters. The lowest BCUT2D eigenvalue weighted by atomic mass is 10.0. The SMILES string of the molecule is Cc1ccc(-c2cc(-c3ccccc3O)nc3n[nH]c(C)c23)nc1. The van der Waals surface area contributed by atoms with E-state index in [1.807, 2.05) is 50.4 Å². The molecule has 0 aliphatic carbocycles. The van der Waals surface area contributed by atoms with E-state index >= 15 is 0 Å². The van der Waals surface area contributed by atoms with Crippen LogP contribution in [-0.2, 0) is 0 Å². The number of benzene rings is 1. The van der Waals surface area contributed by atoms with Gasteiger partial charge in [0.25, 0.3) is 0 Å².